The molecule has 0 rings (SSSR count). The van der Waals surface area contributed by atoms with E-state index in [4.69, 9.17) is 0 Å². The first-order chi connectivity index (χ1) is 4.71. The fourth-order valence-corrected chi connectivity index (χ4v) is 2.53. The standard InChI is InChI=1S/C9H18Si2/c1-9(2,3)10-7-8-11(4,5)6/h1-6H3. The zero-order chi connectivity index (χ0) is 9.12. The van der Waals surface area contributed by atoms with Gasteiger partial charge in [-0.3, -0.25) is 0 Å². The van der Waals surface area contributed by atoms with Gasteiger partial charge in [-0.05, 0) is 5.04 Å². The van der Waals surface area contributed by atoms with Gasteiger partial charge in [-0.25, -0.2) is 0 Å². The molecule has 0 fully saturated rings. The lowest BCUT2D eigenvalue weighted by atomic mass is 10.3. The van der Waals surface area contributed by atoms with Crippen molar-refractivity contribution >= 4 is 17.6 Å². The maximum Gasteiger partial charge on any atom is 0.153 e. The average Bonchev–Trinajstić information content (AvgIpc) is 1.55. The lowest BCUT2D eigenvalue weighted by Crippen LogP contribution is -2.17. The van der Waals surface area contributed by atoms with Crippen LogP contribution in [-0.4, -0.2) is 17.6 Å². The van der Waals surface area contributed by atoms with Crippen LogP contribution < -0.4 is 0 Å². The van der Waals surface area contributed by atoms with E-state index in [-0.39, 0.29) is 0 Å². The van der Waals surface area contributed by atoms with E-state index in [0.717, 1.165) is 9.52 Å². The van der Waals surface area contributed by atoms with Crippen LogP contribution >= 0.6 is 0 Å². The minimum atomic E-state index is -1.11. The van der Waals surface area contributed by atoms with Crippen molar-refractivity contribution in [3.8, 4) is 11.1 Å². The van der Waals surface area contributed by atoms with Crippen molar-refractivity contribution in [2.75, 3.05) is 0 Å². The van der Waals surface area contributed by atoms with Gasteiger partial charge in [-0.15, -0.1) is 11.1 Å². The first-order valence-electron chi connectivity index (χ1n) is 4.00. The molecule has 0 spiro atoms. The molecular formula is C9H18Si2. The maximum absolute atomic E-state index is 3.38. The van der Waals surface area contributed by atoms with E-state index < -0.39 is 8.07 Å². The van der Waals surface area contributed by atoms with Gasteiger partial charge in [0.05, 0.1) is 0 Å². The SMILES string of the molecule is CC(C)(C)[Si]C#C[Si](C)(C)C. The molecule has 0 aliphatic heterocycles. The molecule has 0 bridgehead atoms. The molecule has 0 aromatic heterocycles. The monoisotopic (exact) mass is 182 g/mol. The fourth-order valence-electron chi connectivity index (χ4n) is 0.406. The van der Waals surface area contributed by atoms with Crippen molar-refractivity contribution in [1.82, 2.24) is 0 Å². The average molecular weight is 182 g/mol. The van der Waals surface area contributed by atoms with Crippen LogP contribution in [0.5, 0.6) is 0 Å². The Morgan fingerprint density at radius 2 is 1.55 bits per heavy atom. The first-order valence-corrected chi connectivity index (χ1v) is 8.50. The second-order valence-corrected chi connectivity index (χ2v) is 11.6. The molecule has 0 aromatic rings. The van der Waals surface area contributed by atoms with Crippen molar-refractivity contribution in [1.29, 1.82) is 0 Å². The molecule has 0 saturated carbocycles. The first kappa shape index (κ1) is 11.0. The van der Waals surface area contributed by atoms with Crippen LogP contribution in [0.2, 0.25) is 24.7 Å². The summed E-state index contributed by atoms with van der Waals surface area (Å²) in [5, 5.41) is 0.395. The Bertz CT molecular complexity index is 170. The molecule has 0 heterocycles. The van der Waals surface area contributed by atoms with E-state index in [1.54, 1.807) is 0 Å². The van der Waals surface area contributed by atoms with Crippen LogP contribution in [0.4, 0.5) is 0 Å². The van der Waals surface area contributed by atoms with Gasteiger partial charge in [0.1, 0.15) is 8.07 Å². The van der Waals surface area contributed by atoms with Crippen LogP contribution in [0.15, 0.2) is 0 Å². The minimum Gasteiger partial charge on any atom is -0.142 e. The van der Waals surface area contributed by atoms with Gasteiger partial charge in [-0.2, -0.15) is 0 Å². The number of hydrogen-bond donors (Lipinski definition) is 0. The molecule has 0 saturated heterocycles. The summed E-state index contributed by atoms with van der Waals surface area (Å²) in [5.41, 5.74) is 6.68. The molecule has 0 amide bonds. The van der Waals surface area contributed by atoms with E-state index in [2.05, 4.69) is 51.5 Å². The topological polar surface area (TPSA) is 0 Å². The summed E-state index contributed by atoms with van der Waals surface area (Å²) in [4.78, 5) is 0. The van der Waals surface area contributed by atoms with Crippen LogP contribution in [-0.2, 0) is 0 Å². The molecule has 0 unspecified atom stereocenters. The molecule has 62 valence electrons. The molecular weight excluding hydrogens is 164 g/mol. The molecule has 0 aliphatic rings. The second-order valence-electron chi connectivity index (χ2n) is 4.88. The predicted molar refractivity (Wildman–Crippen MR) is 56.6 cm³/mol. The molecule has 0 aliphatic carbocycles. The number of rotatable bonds is 0. The molecule has 0 nitrogen and oxygen atoms in total. The summed E-state index contributed by atoms with van der Waals surface area (Å²) >= 11 is 0. The molecule has 0 aromatic carbocycles. The van der Waals surface area contributed by atoms with Crippen molar-refractivity contribution in [3.63, 3.8) is 0 Å². The van der Waals surface area contributed by atoms with Crippen LogP contribution in [0.3, 0.4) is 0 Å². The highest BCUT2D eigenvalue weighted by atomic mass is 28.3. The van der Waals surface area contributed by atoms with Gasteiger partial charge in [0, 0.05) is 0 Å². The summed E-state index contributed by atoms with van der Waals surface area (Å²) in [6.07, 6.45) is 0. The third-order valence-electron chi connectivity index (χ3n) is 0.875. The predicted octanol–water partition coefficient (Wildman–Crippen LogP) is 2.75. The van der Waals surface area contributed by atoms with E-state index in [9.17, 15) is 0 Å². The second kappa shape index (κ2) is 3.60. The minimum absolute atomic E-state index is 0.395. The Morgan fingerprint density at radius 3 is 1.82 bits per heavy atom. The van der Waals surface area contributed by atoms with Gasteiger partial charge < -0.3 is 0 Å². The third kappa shape index (κ3) is 9.99. The van der Waals surface area contributed by atoms with Crippen molar-refractivity contribution in [2.24, 2.45) is 0 Å². The highest BCUT2D eigenvalue weighted by Crippen LogP contribution is 2.18. The summed E-state index contributed by atoms with van der Waals surface area (Å²) in [7, 11) is -0.322. The van der Waals surface area contributed by atoms with Crippen molar-refractivity contribution in [3.05, 3.63) is 0 Å². The zero-order valence-corrected chi connectivity index (χ0v) is 10.5. The van der Waals surface area contributed by atoms with Gasteiger partial charge >= 0.3 is 0 Å². The fraction of sp³-hybridized carbons (Fsp3) is 0.778. The maximum atomic E-state index is 3.38. The highest BCUT2D eigenvalue weighted by molar-refractivity contribution is 6.84. The van der Waals surface area contributed by atoms with E-state index in [1.807, 2.05) is 0 Å². The lowest BCUT2D eigenvalue weighted by molar-refractivity contribution is 0.760. The molecule has 0 N–H and O–H groups in total. The zero-order valence-electron chi connectivity index (χ0n) is 8.50. The van der Waals surface area contributed by atoms with Gasteiger partial charge in [0.25, 0.3) is 0 Å². The smallest absolute Gasteiger partial charge is 0.142 e. The summed E-state index contributed by atoms with van der Waals surface area (Å²) in [6, 6.07) is 0. The Labute approximate surface area is 74.6 Å². The van der Waals surface area contributed by atoms with Crippen molar-refractivity contribution < 1.29 is 0 Å². The largest absolute Gasteiger partial charge is 0.153 e. The molecule has 2 heteroatoms. The Hall–Kier alpha value is -0.00623. The third-order valence-corrected chi connectivity index (χ3v) is 3.00. The van der Waals surface area contributed by atoms with Crippen LogP contribution in [0.25, 0.3) is 0 Å². The van der Waals surface area contributed by atoms with E-state index >= 15 is 0 Å². The molecule has 11 heavy (non-hydrogen) atoms. The highest BCUT2D eigenvalue weighted by Gasteiger charge is 2.11. The summed E-state index contributed by atoms with van der Waals surface area (Å²) in [6.45, 7) is 13.6. The Balaban J connectivity index is 3.94. The Morgan fingerprint density at radius 1 is 1.09 bits per heavy atom. The Kier molecular flexibility index (Phi) is 3.59. The van der Waals surface area contributed by atoms with E-state index in [1.165, 1.54) is 0 Å². The van der Waals surface area contributed by atoms with E-state index in [0.29, 0.717) is 5.04 Å². The molecule has 0 atom stereocenters. The van der Waals surface area contributed by atoms with Crippen LogP contribution in [0.1, 0.15) is 20.8 Å². The lowest BCUT2D eigenvalue weighted by Gasteiger charge is -2.12. The van der Waals surface area contributed by atoms with Gasteiger partial charge in [0.15, 0.2) is 9.52 Å². The quantitative estimate of drug-likeness (QED) is 0.399. The summed E-state index contributed by atoms with van der Waals surface area (Å²) in [5.74, 6) is 0. The van der Waals surface area contributed by atoms with Crippen molar-refractivity contribution in [2.45, 2.75) is 45.5 Å². The normalized spacial score (nSPS) is 12.2. The molecule has 2 radical (unpaired) electrons. The van der Waals surface area contributed by atoms with Gasteiger partial charge in [0.2, 0.25) is 0 Å². The summed E-state index contributed by atoms with van der Waals surface area (Å²) < 4.78 is 0. The number of hydrogen-bond acceptors (Lipinski definition) is 0. The van der Waals surface area contributed by atoms with Gasteiger partial charge in [-0.1, -0.05) is 40.4 Å². The van der Waals surface area contributed by atoms with Crippen LogP contribution in [0, 0.1) is 11.1 Å².